The lowest BCUT2D eigenvalue weighted by atomic mass is 9.92. The van der Waals surface area contributed by atoms with Crippen LogP contribution in [0.25, 0.3) is 0 Å². The first-order valence-electron chi connectivity index (χ1n) is 9.21. The molecule has 0 aliphatic carbocycles. The number of urea groups is 1. The van der Waals surface area contributed by atoms with Crippen molar-refractivity contribution in [2.24, 2.45) is 0 Å². The van der Waals surface area contributed by atoms with E-state index < -0.39 is 36.5 Å². The maximum absolute atomic E-state index is 12.8. The molecule has 1 heterocycles. The molecule has 1 aliphatic heterocycles. The number of imide groups is 1. The zero-order chi connectivity index (χ0) is 21.6. The lowest BCUT2D eigenvalue weighted by Crippen LogP contribution is -2.43. The second-order valence-corrected chi connectivity index (χ2v) is 6.97. The molecule has 2 N–H and O–H groups in total. The average molecular weight is 413 g/mol. The number of ether oxygens (including phenoxy) is 2. The summed E-state index contributed by atoms with van der Waals surface area (Å²) in [5, 5.41) is 5.19. The van der Waals surface area contributed by atoms with Gasteiger partial charge < -0.3 is 20.1 Å². The van der Waals surface area contributed by atoms with Gasteiger partial charge in [0, 0.05) is 13.2 Å². The highest BCUT2D eigenvalue weighted by molar-refractivity contribution is 6.09. The van der Waals surface area contributed by atoms with Gasteiger partial charge in [0.05, 0.1) is 6.10 Å². The molecule has 10 heteroatoms. The fraction of sp³-hybridized carbons (Fsp3) is 0.526. The van der Waals surface area contributed by atoms with Gasteiger partial charge in [0.25, 0.3) is 5.91 Å². The van der Waals surface area contributed by atoms with E-state index in [1.807, 2.05) is 13.8 Å². The van der Waals surface area contributed by atoms with Crippen LogP contribution in [0.2, 0.25) is 0 Å². The van der Waals surface area contributed by atoms with Crippen LogP contribution in [0.5, 0.6) is 5.75 Å². The van der Waals surface area contributed by atoms with Crippen LogP contribution in [0.1, 0.15) is 32.8 Å². The molecule has 1 fully saturated rings. The van der Waals surface area contributed by atoms with Crippen LogP contribution in [0.3, 0.4) is 0 Å². The molecule has 8 nitrogen and oxygen atoms in total. The van der Waals surface area contributed by atoms with Crippen molar-refractivity contribution < 1.29 is 32.6 Å². The lowest BCUT2D eigenvalue weighted by Gasteiger charge is -2.22. The van der Waals surface area contributed by atoms with E-state index in [1.54, 1.807) is 0 Å². The molecule has 4 amide bonds. The largest absolute Gasteiger partial charge is 0.435 e. The number of nitrogens with one attached hydrogen (secondary N) is 2. The Morgan fingerprint density at radius 3 is 2.48 bits per heavy atom. The number of hydrogen-bond acceptors (Lipinski definition) is 5. The van der Waals surface area contributed by atoms with Crippen LogP contribution in [0, 0.1) is 0 Å². The number of benzene rings is 1. The quantitative estimate of drug-likeness (QED) is 0.452. The Morgan fingerprint density at radius 2 is 1.90 bits per heavy atom. The molecule has 2 rings (SSSR count). The van der Waals surface area contributed by atoms with E-state index in [2.05, 4.69) is 15.4 Å². The first-order valence-corrected chi connectivity index (χ1v) is 9.21. The number of hydrogen-bond donors (Lipinski definition) is 2. The molecule has 0 spiro atoms. The fourth-order valence-corrected chi connectivity index (χ4v) is 2.82. The molecule has 1 aromatic carbocycles. The normalized spacial score (nSPS) is 19.1. The van der Waals surface area contributed by atoms with Crippen molar-refractivity contribution in [3.05, 3.63) is 29.8 Å². The van der Waals surface area contributed by atoms with Crippen LogP contribution in [-0.2, 0) is 19.9 Å². The predicted octanol–water partition coefficient (Wildman–Crippen LogP) is 1.99. The molecule has 1 aromatic rings. The van der Waals surface area contributed by atoms with Crippen LogP contribution in [0.15, 0.2) is 24.3 Å². The summed E-state index contributed by atoms with van der Waals surface area (Å²) in [5.41, 5.74) is -1.03. The number of rotatable bonds is 10. The van der Waals surface area contributed by atoms with Crippen molar-refractivity contribution >= 4 is 17.8 Å². The number of amides is 4. The third kappa shape index (κ3) is 5.86. The highest BCUT2D eigenvalue weighted by atomic mass is 19.3. The van der Waals surface area contributed by atoms with E-state index in [1.165, 1.54) is 31.2 Å². The Hall–Kier alpha value is -2.75. The number of alkyl halides is 2. The summed E-state index contributed by atoms with van der Waals surface area (Å²) >= 11 is 0. The highest BCUT2D eigenvalue weighted by Gasteiger charge is 2.49. The van der Waals surface area contributed by atoms with Crippen molar-refractivity contribution in [1.82, 2.24) is 15.5 Å². The van der Waals surface area contributed by atoms with E-state index in [0.717, 1.165) is 4.90 Å². The van der Waals surface area contributed by atoms with Gasteiger partial charge in [-0.15, -0.1) is 0 Å². The standard InChI is InChI=1S/C19H25F2N3O5/c1-12(2)28-10-4-9-22-15(25)11-24-16(26)19(3,23-18(24)27)13-5-7-14(8-6-13)29-17(20)21/h5-8,12,17H,4,9-11H2,1-3H3,(H,22,25)(H,23,27)/t19-/m0/s1. The van der Waals surface area contributed by atoms with Crippen LogP contribution in [-0.4, -0.2) is 55.2 Å². The lowest BCUT2D eigenvalue weighted by molar-refractivity contribution is -0.134. The summed E-state index contributed by atoms with van der Waals surface area (Å²) in [6.45, 7) is 2.77. The van der Waals surface area contributed by atoms with Gasteiger partial charge in [0.15, 0.2) is 0 Å². The van der Waals surface area contributed by atoms with Gasteiger partial charge >= 0.3 is 12.6 Å². The Morgan fingerprint density at radius 1 is 1.24 bits per heavy atom. The summed E-state index contributed by atoms with van der Waals surface area (Å²) in [7, 11) is 0. The topological polar surface area (TPSA) is 97.0 Å². The molecule has 0 radical (unpaired) electrons. The number of nitrogens with zero attached hydrogens (tertiary/aromatic N) is 1. The van der Waals surface area contributed by atoms with E-state index in [9.17, 15) is 23.2 Å². The molecule has 29 heavy (non-hydrogen) atoms. The monoisotopic (exact) mass is 413 g/mol. The third-order valence-electron chi connectivity index (χ3n) is 4.33. The van der Waals surface area contributed by atoms with E-state index in [0.29, 0.717) is 25.1 Å². The number of carbonyl (C=O) groups excluding carboxylic acids is 3. The maximum Gasteiger partial charge on any atom is 0.387 e. The van der Waals surface area contributed by atoms with Crippen molar-refractivity contribution in [2.75, 3.05) is 19.7 Å². The minimum Gasteiger partial charge on any atom is -0.435 e. The van der Waals surface area contributed by atoms with Crippen molar-refractivity contribution in [3.8, 4) is 5.75 Å². The van der Waals surface area contributed by atoms with Gasteiger partial charge in [0.1, 0.15) is 17.8 Å². The molecule has 160 valence electrons. The summed E-state index contributed by atoms with van der Waals surface area (Å²) in [6, 6.07) is 4.67. The number of carbonyl (C=O) groups is 3. The van der Waals surface area contributed by atoms with E-state index in [4.69, 9.17) is 4.74 Å². The summed E-state index contributed by atoms with van der Waals surface area (Å²) < 4.78 is 34.2. The Labute approximate surface area is 167 Å². The Kier molecular flexibility index (Phi) is 7.49. The second-order valence-electron chi connectivity index (χ2n) is 6.97. The van der Waals surface area contributed by atoms with Crippen LogP contribution >= 0.6 is 0 Å². The zero-order valence-corrected chi connectivity index (χ0v) is 16.5. The predicted molar refractivity (Wildman–Crippen MR) is 99.4 cm³/mol. The van der Waals surface area contributed by atoms with Gasteiger partial charge in [-0.3, -0.25) is 14.5 Å². The molecule has 0 aromatic heterocycles. The molecule has 0 bridgehead atoms. The molecule has 0 unspecified atom stereocenters. The first kappa shape index (κ1) is 22.5. The summed E-state index contributed by atoms with van der Waals surface area (Å²) in [6.07, 6.45) is 0.708. The molecule has 1 saturated heterocycles. The van der Waals surface area contributed by atoms with Crippen molar-refractivity contribution in [1.29, 1.82) is 0 Å². The van der Waals surface area contributed by atoms with Gasteiger partial charge in [-0.2, -0.15) is 8.78 Å². The maximum atomic E-state index is 12.8. The summed E-state index contributed by atoms with van der Waals surface area (Å²) in [5.74, 6) is -1.15. The number of halogens is 2. The molecular formula is C19H25F2N3O5. The van der Waals surface area contributed by atoms with Crippen molar-refractivity contribution in [2.45, 2.75) is 45.4 Å². The smallest absolute Gasteiger partial charge is 0.387 e. The average Bonchev–Trinajstić information content (AvgIpc) is 2.85. The van der Waals surface area contributed by atoms with E-state index >= 15 is 0 Å². The first-order chi connectivity index (χ1) is 13.6. The zero-order valence-electron chi connectivity index (χ0n) is 16.5. The van der Waals surface area contributed by atoms with Crippen LogP contribution < -0.4 is 15.4 Å². The fourth-order valence-electron chi connectivity index (χ4n) is 2.82. The minimum atomic E-state index is -2.96. The third-order valence-corrected chi connectivity index (χ3v) is 4.33. The second kappa shape index (κ2) is 9.64. The SMILES string of the molecule is CC(C)OCCCNC(=O)CN1C(=O)N[C@@](C)(c2ccc(OC(F)F)cc2)C1=O. The molecule has 1 atom stereocenters. The van der Waals surface area contributed by atoms with Gasteiger partial charge in [-0.1, -0.05) is 12.1 Å². The minimum absolute atomic E-state index is 0.0678. The van der Waals surface area contributed by atoms with Crippen molar-refractivity contribution in [3.63, 3.8) is 0 Å². The Bertz CT molecular complexity index is 742. The van der Waals surface area contributed by atoms with E-state index in [-0.39, 0.29) is 11.9 Å². The molecule has 1 aliphatic rings. The highest BCUT2D eigenvalue weighted by Crippen LogP contribution is 2.30. The molecular weight excluding hydrogens is 388 g/mol. The molecule has 0 saturated carbocycles. The van der Waals surface area contributed by atoms with Gasteiger partial charge in [0.2, 0.25) is 5.91 Å². The van der Waals surface area contributed by atoms with Gasteiger partial charge in [-0.25, -0.2) is 4.79 Å². The summed E-state index contributed by atoms with van der Waals surface area (Å²) in [4.78, 5) is 37.9. The van der Waals surface area contributed by atoms with Crippen LogP contribution in [0.4, 0.5) is 13.6 Å². The van der Waals surface area contributed by atoms with Gasteiger partial charge in [-0.05, 0) is 44.9 Å². The Balaban J connectivity index is 1.95.